The number of para-hydroxylation sites is 1. The summed E-state index contributed by atoms with van der Waals surface area (Å²) in [5.74, 6) is 0. The molecule has 0 spiro atoms. The molecule has 3 nitrogen and oxygen atoms in total. The summed E-state index contributed by atoms with van der Waals surface area (Å²) >= 11 is 0. The minimum atomic E-state index is -0.461. The third kappa shape index (κ3) is 2.37. The average Bonchev–Trinajstić information content (AvgIpc) is 2.37. The Morgan fingerprint density at radius 3 is 2.78 bits per heavy atom. The molecule has 1 aliphatic carbocycles. The van der Waals surface area contributed by atoms with E-state index in [4.69, 9.17) is 0 Å². The van der Waals surface area contributed by atoms with E-state index in [9.17, 15) is 5.11 Å². The molecule has 1 saturated carbocycles. The minimum absolute atomic E-state index is 0.461. The molecule has 18 heavy (non-hydrogen) atoms. The van der Waals surface area contributed by atoms with Gasteiger partial charge in [0.05, 0.1) is 16.8 Å². The van der Waals surface area contributed by atoms with E-state index in [1.54, 1.807) is 0 Å². The number of hydrogen-bond donors (Lipinski definition) is 2. The van der Waals surface area contributed by atoms with Gasteiger partial charge in [0.15, 0.2) is 0 Å². The number of hydrogen-bond acceptors (Lipinski definition) is 3. The lowest BCUT2D eigenvalue weighted by Crippen LogP contribution is -2.46. The molecule has 0 saturated heterocycles. The fourth-order valence-corrected chi connectivity index (χ4v) is 2.39. The van der Waals surface area contributed by atoms with Crippen molar-refractivity contribution >= 4 is 10.9 Å². The maximum absolute atomic E-state index is 9.98. The molecule has 0 bridgehead atoms. The van der Waals surface area contributed by atoms with Crippen LogP contribution in [-0.2, 0) is 6.54 Å². The van der Waals surface area contributed by atoms with Crippen LogP contribution in [0.3, 0.4) is 0 Å². The average molecular weight is 242 g/mol. The van der Waals surface area contributed by atoms with Gasteiger partial charge in [0.2, 0.25) is 0 Å². The summed E-state index contributed by atoms with van der Waals surface area (Å²) in [7, 11) is 0. The standard InChI is InChI=1S/C15H18N2O/c18-15(8-3-9-15)11-16-10-13-7-6-12-4-1-2-5-14(12)17-13/h1-2,4-7,16,18H,3,8-11H2. The van der Waals surface area contributed by atoms with E-state index in [2.05, 4.69) is 22.4 Å². The maximum atomic E-state index is 9.98. The molecule has 1 aliphatic rings. The van der Waals surface area contributed by atoms with Crippen LogP contribution in [0.25, 0.3) is 10.9 Å². The molecule has 1 aromatic heterocycles. The van der Waals surface area contributed by atoms with Crippen LogP contribution >= 0.6 is 0 Å². The van der Waals surface area contributed by atoms with Crippen LogP contribution < -0.4 is 5.32 Å². The zero-order valence-electron chi connectivity index (χ0n) is 10.4. The topological polar surface area (TPSA) is 45.1 Å². The van der Waals surface area contributed by atoms with Crippen molar-refractivity contribution in [3.8, 4) is 0 Å². The van der Waals surface area contributed by atoms with Crippen molar-refractivity contribution in [3.05, 3.63) is 42.1 Å². The van der Waals surface area contributed by atoms with Crippen molar-refractivity contribution in [1.29, 1.82) is 0 Å². The Bertz CT molecular complexity index is 549. The fraction of sp³-hybridized carbons (Fsp3) is 0.400. The van der Waals surface area contributed by atoms with Gasteiger partial charge in [-0.15, -0.1) is 0 Å². The summed E-state index contributed by atoms with van der Waals surface area (Å²) < 4.78 is 0. The lowest BCUT2D eigenvalue weighted by molar-refractivity contribution is -0.0315. The molecule has 2 N–H and O–H groups in total. The molecule has 1 heterocycles. The van der Waals surface area contributed by atoms with Gasteiger partial charge in [-0.2, -0.15) is 0 Å². The molecule has 0 aliphatic heterocycles. The van der Waals surface area contributed by atoms with Gasteiger partial charge in [-0.3, -0.25) is 4.98 Å². The van der Waals surface area contributed by atoms with E-state index in [0.29, 0.717) is 13.1 Å². The molecular weight excluding hydrogens is 224 g/mol. The largest absolute Gasteiger partial charge is 0.389 e. The highest BCUT2D eigenvalue weighted by Gasteiger charge is 2.33. The molecule has 1 aromatic carbocycles. The number of benzene rings is 1. The van der Waals surface area contributed by atoms with Crippen molar-refractivity contribution in [2.75, 3.05) is 6.54 Å². The number of rotatable bonds is 4. The Hall–Kier alpha value is -1.45. The molecule has 3 heteroatoms. The van der Waals surface area contributed by atoms with Crippen LogP contribution in [-0.4, -0.2) is 22.2 Å². The maximum Gasteiger partial charge on any atom is 0.0771 e. The van der Waals surface area contributed by atoms with Crippen molar-refractivity contribution < 1.29 is 5.11 Å². The molecule has 0 unspecified atom stereocenters. The van der Waals surface area contributed by atoms with Gasteiger partial charge in [-0.05, 0) is 31.4 Å². The third-order valence-corrected chi connectivity index (χ3v) is 3.70. The minimum Gasteiger partial charge on any atom is -0.389 e. The summed E-state index contributed by atoms with van der Waals surface area (Å²) in [6, 6.07) is 12.3. The van der Waals surface area contributed by atoms with Gasteiger partial charge in [-0.25, -0.2) is 0 Å². The van der Waals surface area contributed by atoms with Crippen molar-refractivity contribution in [3.63, 3.8) is 0 Å². The quantitative estimate of drug-likeness (QED) is 0.864. The third-order valence-electron chi connectivity index (χ3n) is 3.70. The van der Waals surface area contributed by atoms with Crippen molar-refractivity contribution in [2.24, 2.45) is 0 Å². The van der Waals surface area contributed by atoms with Crippen molar-refractivity contribution in [1.82, 2.24) is 10.3 Å². The summed E-state index contributed by atoms with van der Waals surface area (Å²) in [5, 5.41) is 14.4. The zero-order valence-corrected chi connectivity index (χ0v) is 10.4. The number of aromatic nitrogens is 1. The van der Waals surface area contributed by atoms with E-state index >= 15 is 0 Å². The van der Waals surface area contributed by atoms with Crippen LogP contribution in [0.15, 0.2) is 36.4 Å². The van der Waals surface area contributed by atoms with Crippen LogP contribution in [0, 0.1) is 0 Å². The molecule has 1 fully saturated rings. The van der Waals surface area contributed by atoms with Gasteiger partial charge in [0.1, 0.15) is 0 Å². The second-order valence-corrected chi connectivity index (χ2v) is 5.18. The summed E-state index contributed by atoms with van der Waals surface area (Å²) in [6.45, 7) is 1.38. The van der Waals surface area contributed by atoms with E-state index < -0.39 is 5.60 Å². The highest BCUT2D eigenvalue weighted by Crippen LogP contribution is 2.30. The second-order valence-electron chi connectivity index (χ2n) is 5.18. The van der Waals surface area contributed by atoms with Crippen LogP contribution in [0.4, 0.5) is 0 Å². The zero-order chi connectivity index (χ0) is 12.4. The monoisotopic (exact) mass is 242 g/mol. The molecule has 94 valence electrons. The Morgan fingerprint density at radius 2 is 2.00 bits per heavy atom. The lowest BCUT2D eigenvalue weighted by atomic mass is 9.80. The van der Waals surface area contributed by atoms with Gasteiger partial charge in [0, 0.05) is 18.5 Å². The first-order valence-electron chi connectivity index (χ1n) is 6.53. The number of nitrogens with one attached hydrogen (secondary N) is 1. The molecular formula is C15H18N2O. The highest BCUT2D eigenvalue weighted by atomic mass is 16.3. The lowest BCUT2D eigenvalue weighted by Gasteiger charge is -2.36. The van der Waals surface area contributed by atoms with Crippen molar-refractivity contribution in [2.45, 2.75) is 31.4 Å². The predicted octanol–water partition coefficient (Wildman–Crippen LogP) is 2.24. The van der Waals surface area contributed by atoms with Gasteiger partial charge in [0.25, 0.3) is 0 Å². The molecule has 0 amide bonds. The summed E-state index contributed by atoms with van der Waals surface area (Å²) in [6.07, 6.45) is 2.99. The Kier molecular flexibility index (Phi) is 3.02. The van der Waals surface area contributed by atoms with Gasteiger partial charge >= 0.3 is 0 Å². The first-order chi connectivity index (χ1) is 8.75. The van der Waals surface area contributed by atoms with Gasteiger partial charge < -0.3 is 10.4 Å². The molecule has 0 radical (unpaired) electrons. The number of aliphatic hydroxyl groups is 1. The highest BCUT2D eigenvalue weighted by molar-refractivity contribution is 5.78. The van der Waals surface area contributed by atoms with Gasteiger partial charge in [-0.1, -0.05) is 24.3 Å². The Balaban J connectivity index is 1.64. The fourth-order valence-electron chi connectivity index (χ4n) is 2.39. The second kappa shape index (κ2) is 4.67. The molecule has 2 aromatic rings. The molecule has 3 rings (SSSR count). The van der Waals surface area contributed by atoms with Crippen LogP contribution in [0.5, 0.6) is 0 Å². The first kappa shape index (κ1) is 11.6. The predicted molar refractivity (Wildman–Crippen MR) is 72.3 cm³/mol. The van der Waals surface area contributed by atoms with E-state index in [1.807, 2.05) is 24.3 Å². The smallest absolute Gasteiger partial charge is 0.0771 e. The Morgan fingerprint density at radius 1 is 1.17 bits per heavy atom. The van der Waals surface area contributed by atoms with Crippen LogP contribution in [0.1, 0.15) is 25.0 Å². The SMILES string of the molecule is OC1(CNCc2ccc3ccccc3n2)CCC1. The van der Waals surface area contributed by atoms with E-state index in [0.717, 1.165) is 30.5 Å². The number of nitrogens with zero attached hydrogens (tertiary/aromatic N) is 1. The summed E-state index contributed by atoms with van der Waals surface area (Å²) in [4.78, 5) is 4.59. The normalized spacial score (nSPS) is 17.6. The molecule has 0 atom stereocenters. The first-order valence-corrected chi connectivity index (χ1v) is 6.53. The van der Waals surface area contributed by atoms with E-state index in [-0.39, 0.29) is 0 Å². The number of pyridine rings is 1. The van der Waals surface area contributed by atoms with Crippen LogP contribution in [0.2, 0.25) is 0 Å². The van der Waals surface area contributed by atoms with E-state index in [1.165, 1.54) is 5.39 Å². The summed E-state index contributed by atoms with van der Waals surface area (Å²) in [5.41, 5.74) is 1.59. The number of fused-ring (bicyclic) bond motifs is 1. The Labute approximate surface area is 107 Å².